The number of aliphatic carboxylic acids is 1. The molecule has 144 valence electrons. The normalized spacial score (nSPS) is 18.3. The lowest BCUT2D eigenvalue weighted by Gasteiger charge is -2.23. The van der Waals surface area contributed by atoms with Gasteiger partial charge in [-0.25, -0.2) is 8.42 Å². The molecule has 1 fully saturated rings. The highest BCUT2D eigenvalue weighted by atomic mass is 32.2. The highest BCUT2D eigenvalue weighted by Crippen LogP contribution is 2.29. The van der Waals surface area contributed by atoms with Gasteiger partial charge in [-0.3, -0.25) is 9.59 Å². The van der Waals surface area contributed by atoms with Crippen LogP contribution in [-0.2, 0) is 19.6 Å². The van der Waals surface area contributed by atoms with Crippen molar-refractivity contribution in [1.82, 2.24) is 9.62 Å². The Morgan fingerprint density at radius 2 is 1.96 bits per heavy atom. The van der Waals surface area contributed by atoms with E-state index in [0.29, 0.717) is 31.6 Å². The first-order valence-electron chi connectivity index (χ1n) is 8.03. The Hall–Kier alpha value is -2.33. The van der Waals surface area contributed by atoms with Gasteiger partial charge < -0.3 is 19.5 Å². The molecule has 1 heterocycles. The minimum atomic E-state index is -4.00. The largest absolute Gasteiger partial charge is 0.493 e. The Morgan fingerprint density at radius 3 is 2.58 bits per heavy atom. The van der Waals surface area contributed by atoms with Crippen molar-refractivity contribution in [1.29, 1.82) is 0 Å². The lowest BCUT2D eigenvalue weighted by atomic mass is 10.1. The van der Waals surface area contributed by atoms with Crippen LogP contribution in [0.15, 0.2) is 23.1 Å². The number of carbonyl (C=O) groups excluding carboxylic acids is 1. The van der Waals surface area contributed by atoms with Gasteiger partial charge in [0.15, 0.2) is 11.5 Å². The lowest BCUT2D eigenvalue weighted by Crippen LogP contribution is -2.48. The van der Waals surface area contributed by atoms with Crippen molar-refractivity contribution in [2.75, 3.05) is 27.3 Å². The number of rotatable bonds is 7. The second-order valence-corrected chi connectivity index (χ2v) is 7.55. The molecular formula is C16H22N2O7S. The summed E-state index contributed by atoms with van der Waals surface area (Å²) in [7, 11) is -1.17. The molecule has 1 aromatic rings. The Balaban J connectivity index is 2.24. The van der Waals surface area contributed by atoms with Crippen molar-refractivity contribution >= 4 is 21.9 Å². The average Bonchev–Trinajstić information content (AvgIpc) is 2.76. The summed E-state index contributed by atoms with van der Waals surface area (Å²) in [4.78, 5) is 24.5. The van der Waals surface area contributed by atoms with Crippen LogP contribution in [0.5, 0.6) is 11.5 Å². The zero-order valence-corrected chi connectivity index (χ0v) is 15.4. The molecule has 1 amide bonds. The molecule has 0 aromatic heterocycles. The average molecular weight is 386 g/mol. The molecule has 0 unspecified atom stereocenters. The van der Waals surface area contributed by atoms with Crippen LogP contribution in [0, 0.1) is 0 Å². The summed E-state index contributed by atoms with van der Waals surface area (Å²) >= 11 is 0. The maximum Gasteiger partial charge on any atom is 0.323 e. The van der Waals surface area contributed by atoms with Gasteiger partial charge in [0.1, 0.15) is 12.6 Å². The minimum absolute atomic E-state index is 0.0722. The van der Waals surface area contributed by atoms with Crippen LogP contribution in [0.25, 0.3) is 0 Å². The van der Waals surface area contributed by atoms with Crippen molar-refractivity contribution in [3.8, 4) is 11.5 Å². The molecule has 1 atom stereocenters. The number of sulfonamides is 1. The SMILES string of the molecule is COc1ccc(S(=O)(=O)N[C@H]2CCCCN(CC(=O)O)C2=O)cc1OC. The second-order valence-electron chi connectivity index (χ2n) is 5.84. The molecule has 26 heavy (non-hydrogen) atoms. The number of methoxy groups -OCH3 is 2. The minimum Gasteiger partial charge on any atom is -0.493 e. The fraction of sp³-hybridized carbons (Fsp3) is 0.500. The van der Waals surface area contributed by atoms with Gasteiger partial charge in [0, 0.05) is 12.6 Å². The molecule has 9 nitrogen and oxygen atoms in total. The van der Waals surface area contributed by atoms with Crippen LogP contribution >= 0.6 is 0 Å². The van der Waals surface area contributed by atoms with Crippen LogP contribution in [0.3, 0.4) is 0 Å². The van der Waals surface area contributed by atoms with E-state index in [1.807, 2.05) is 0 Å². The number of benzene rings is 1. The van der Waals surface area contributed by atoms with Gasteiger partial charge in [0.25, 0.3) is 0 Å². The number of nitrogens with zero attached hydrogens (tertiary/aromatic N) is 1. The van der Waals surface area contributed by atoms with E-state index in [2.05, 4.69) is 4.72 Å². The third-order valence-electron chi connectivity index (χ3n) is 4.07. The third-order valence-corrected chi connectivity index (χ3v) is 5.54. The van der Waals surface area contributed by atoms with E-state index < -0.39 is 34.5 Å². The van der Waals surface area contributed by atoms with Crippen molar-refractivity contribution in [3.63, 3.8) is 0 Å². The zero-order chi connectivity index (χ0) is 19.3. The number of hydrogen-bond acceptors (Lipinski definition) is 6. The number of hydrogen-bond donors (Lipinski definition) is 2. The predicted molar refractivity (Wildman–Crippen MR) is 91.7 cm³/mol. The highest BCUT2D eigenvalue weighted by molar-refractivity contribution is 7.89. The van der Waals surface area contributed by atoms with Gasteiger partial charge in [-0.05, 0) is 31.4 Å². The maximum absolute atomic E-state index is 12.7. The molecule has 1 saturated heterocycles. The first-order valence-corrected chi connectivity index (χ1v) is 9.51. The Morgan fingerprint density at radius 1 is 1.27 bits per heavy atom. The van der Waals surface area contributed by atoms with E-state index >= 15 is 0 Å². The van der Waals surface area contributed by atoms with Crippen LogP contribution in [0.1, 0.15) is 19.3 Å². The van der Waals surface area contributed by atoms with Crippen LogP contribution in [0.4, 0.5) is 0 Å². The van der Waals surface area contributed by atoms with E-state index in [9.17, 15) is 18.0 Å². The molecule has 1 aliphatic rings. The summed E-state index contributed by atoms with van der Waals surface area (Å²) in [6.45, 7) is -0.160. The molecule has 0 spiro atoms. The number of amides is 1. The molecule has 2 rings (SSSR count). The predicted octanol–water partition coefficient (Wildman–Crippen LogP) is 0.448. The molecular weight excluding hydrogens is 364 g/mol. The summed E-state index contributed by atoms with van der Waals surface area (Å²) in [6.07, 6.45) is 1.54. The summed E-state index contributed by atoms with van der Waals surface area (Å²) in [5.41, 5.74) is 0. The van der Waals surface area contributed by atoms with E-state index in [4.69, 9.17) is 14.6 Å². The summed E-state index contributed by atoms with van der Waals surface area (Å²) in [6, 6.07) is 3.10. The van der Waals surface area contributed by atoms with Crippen LogP contribution in [-0.4, -0.2) is 63.7 Å². The topological polar surface area (TPSA) is 122 Å². The fourth-order valence-electron chi connectivity index (χ4n) is 2.77. The Kier molecular flexibility index (Phi) is 6.43. The quantitative estimate of drug-likeness (QED) is 0.697. The standard InChI is InChI=1S/C16H22N2O7S/c1-24-13-7-6-11(9-14(13)25-2)26(22,23)17-12-5-3-4-8-18(16(12)21)10-15(19)20/h6-7,9,12,17H,3-5,8,10H2,1-2H3,(H,19,20)/t12-/m0/s1. The maximum atomic E-state index is 12.7. The molecule has 1 aliphatic heterocycles. The van der Waals surface area contributed by atoms with Crippen molar-refractivity contribution < 1.29 is 32.6 Å². The molecule has 2 N–H and O–H groups in total. The van der Waals surface area contributed by atoms with E-state index in [-0.39, 0.29) is 10.6 Å². The zero-order valence-electron chi connectivity index (χ0n) is 14.6. The first-order chi connectivity index (χ1) is 12.3. The third kappa shape index (κ3) is 4.64. The van der Waals surface area contributed by atoms with Gasteiger partial charge in [0.2, 0.25) is 15.9 Å². The first kappa shape index (κ1) is 20.0. The van der Waals surface area contributed by atoms with Crippen molar-refractivity contribution in [2.24, 2.45) is 0 Å². The Labute approximate surface area is 151 Å². The highest BCUT2D eigenvalue weighted by Gasteiger charge is 2.32. The number of carbonyl (C=O) groups is 2. The van der Waals surface area contributed by atoms with Gasteiger partial charge in [-0.15, -0.1) is 0 Å². The monoisotopic (exact) mass is 386 g/mol. The number of nitrogens with one attached hydrogen (secondary N) is 1. The molecule has 0 saturated carbocycles. The van der Waals surface area contributed by atoms with Gasteiger partial charge in [-0.2, -0.15) is 4.72 Å². The lowest BCUT2D eigenvalue weighted by molar-refractivity contribution is -0.144. The molecule has 0 aliphatic carbocycles. The number of carboxylic acids is 1. The molecule has 0 bridgehead atoms. The van der Waals surface area contributed by atoms with Gasteiger partial charge in [-0.1, -0.05) is 0 Å². The van der Waals surface area contributed by atoms with Crippen LogP contribution < -0.4 is 14.2 Å². The fourth-order valence-corrected chi connectivity index (χ4v) is 4.01. The molecule has 1 aromatic carbocycles. The Bertz CT molecular complexity index is 779. The molecule has 10 heteroatoms. The number of carboxylic acid groups (broad SMARTS) is 1. The summed E-state index contributed by atoms with van der Waals surface area (Å²) in [5, 5.41) is 8.92. The van der Waals surface area contributed by atoms with E-state index in [1.54, 1.807) is 0 Å². The number of likely N-dealkylation sites (tertiary alicyclic amines) is 1. The van der Waals surface area contributed by atoms with Crippen LogP contribution in [0.2, 0.25) is 0 Å². The van der Waals surface area contributed by atoms with Gasteiger partial charge >= 0.3 is 5.97 Å². The smallest absolute Gasteiger partial charge is 0.323 e. The number of ether oxygens (including phenoxy) is 2. The molecule has 0 radical (unpaired) electrons. The van der Waals surface area contributed by atoms with E-state index in [0.717, 1.165) is 4.90 Å². The summed E-state index contributed by atoms with van der Waals surface area (Å²) in [5.74, 6) is -1.05. The van der Waals surface area contributed by atoms with E-state index in [1.165, 1.54) is 32.4 Å². The second kappa shape index (κ2) is 8.37. The van der Waals surface area contributed by atoms with Crippen molar-refractivity contribution in [2.45, 2.75) is 30.2 Å². The van der Waals surface area contributed by atoms with Crippen molar-refractivity contribution in [3.05, 3.63) is 18.2 Å². The summed E-state index contributed by atoms with van der Waals surface area (Å²) < 4.78 is 37.9. The van der Waals surface area contributed by atoms with Gasteiger partial charge in [0.05, 0.1) is 19.1 Å².